The van der Waals surface area contributed by atoms with Crippen molar-refractivity contribution in [3.05, 3.63) is 23.0 Å². The molecule has 136 valence electrons. The number of aryl methyl sites for hydroxylation is 1. The minimum Gasteiger partial charge on any atom is -0.365 e. The fourth-order valence-corrected chi connectivity index (χ4v) is 3.10. The Labute approximate surface area is 151 Å². The highest BCUT2D eigenvalue weighted by Crippen LogP contribution is 2.28. The molecule has 25 heavy (non-hydrogen) atoms. The molecule has 2 rings (SSSR count). The number of hydrogen-bond acceptors (Lipinski definition) is 8. The van der Waals surface area contributed by atoms with Crippen LogP contribution in [0.25, 0.3) is 0 Å². The lowest BCUT2D eigenvalue weighted by atomic mass is 10.1. The van der Waals surface area contributed by atoms with Crippen LogP contribution in [0, 0.1) is 13.8 Å². The maximum absolute atomic E-state index is 11.7. The van der Waals surface area contributed by atoms with E-state index in [4.69, 9.17) is 11.5 Å². The number of primary amides is 1. The molecule has 0 saturated heterocycles. The Balaban J connectivity index is 2.32. The van der Waals surface area contributed by atoms with E-state index in [2.05, 4.69) is 31.9 Å². The molecule has 2 aromatic heterocycles. The molecule has 0 bridgehead atoms. The summed E-state index contributed by atoms with van der Waals surface area (Å²) < 4.78 is 4.29. The van der Waals surface area contributed by atoms with Crippen molar-refractivity contribution in [2.45, 2.75) is 52.6 Å². The van der Waals surface area contributed by atoms with E-state index < -0.39 is 5.91 Å². The highest BCUT2D eigenvalue weighted by molar-refractivity contribution is 7.10. The molecule has 6 N–H and O–H groups in total. The molecule has 9 heteroatoms. The van der Waals surface area contributed by atoms with Gasteiger partial charge in [0.05, 0.1) is 5.69 Å². The summed E-state index contributed by atoms with van der Waals surface area (Å²) in [7, 11) is 0. The topological polar surface area (TPSA) is 132 Å². The van der Waals surface area contributed by atoms with Gasteiger partial charge in [-0.3, -0.25) is 4.79 Å². The van der Waals surface area contributed by atoms with Gasteiger partial charge < -0.3 is 22.1 Å². The predicted octanol–water partition coefficient (Wildman–Crippen LogP) is 2.32. The fourth-order valence-electron chi connectivity index (χ4n) is 2.31. The van der Waals surface area contributed by atoms with Crippen LogP contribution >= 0.6 is 11.5 Å². The Morgan fingerprint density at radius 1 is 1.40 bits per heavy atom. The lowest BCUT2D eigenvalue weighted by Gasteiger charge is -2.22. The van der Waals surface area contributed by atoms with Gasteiger partial charge in [-0.1, -0.05) is 13.3 Å². The Kier molecular flexibility index (Phi) is 6.27. The molecule has 2 atom stereocenters. The van der Waals surface area contributed by atoms with Crippen LogP contribution in [0.1, 0.15) is 48.3 Å². The first-order valence-electron chi connectivity index (χ1n) is 8.22. The van der Waals surface area contributed by atoms with E-state index in [1.165, 1.54) is 17.7 Å². The molecule has 2 aromatic rings. The van der Waals surface area contributed by atoms with E-state index in [9.17, 15) is 4.79 Å². The second-order valence-electron chi connectivity index (χ2n) is 6.07. The summed E-state index contributed by atoms with van der Waals surface area (Å²) in [6.45, 7) is 7.92. The molecule has 0 spiro atoms. The largest absolute Gasteiger partial charge is 0.365 e. The zero-order chi connectivity index (χ0) is 18.6. The van der Waals surface area contributed by atoms with Crippen LogP contribution in [-0.2, 0) is 0 Å². The molecule has 0 aliphatic rings. The van der Waals surface area contributed by atoms with Crippen molar-refractivity contribution in [3.63, 3.8) is 0 Å². The van der Waals surface area contributed by atoms with Crippen LogP contribution in [0.4, 0.5) is 16.8 Å². The third-order valence-electron chi connectivity index (χ3n) is 3.99. The zero-order valence-electron chi connectivity index (χ0n) is 15.0. The number of rotatable bonds is 8. The number of amides is 1. The van der Waals surface area contributed by atoms with Gasteiger partial charge in [-0.15, -0.1) is 0 Å². The third kappa shape index (κ3) is 4.64. The second-order valence-corrected chi connectivity index (χ2v) is 6.84. The van der Waals surface area contributed by atoms with E-state index >= 15 is 0 Å². The van der Waals surface area contributed by atoms with E-state index in [-0.39, 0.29) is 17.6 Å². The zero-order valence-corrected chi connectivity index (χ0v) is 15.8. The summed E-state index contributed by atoms with van der Waals surface area (Å²) in [6, 6.07) is -0.00757. The number of nitrogens with zero attached hydrogens (tertiary/aromatic N) is 3. The van der Waals surface area contributed by atoms with Crippen molar-refractivity contribution < 1.29 is 4.79 Å². The van der Waals surface area contributed by atoms with Crippen LogP contribution in [0.3, 0.4) is 0 Å². The molecule has 1 amide bonds. The van der Waals surface area contributed by atoms with Crippen molar-refractivity contribution in [2.24, 2.45) is 11.5 Å². The van der Waals surface area contributed by atoms with Crippen LogP contribution in [-0.4, -0.2) is 32.3 Å². The summed E-state index contributed by atoms with van der Waals surface area (Å²) in [5.41, 5.74) is 13.6. The minimum atomic E-state index is -0.592. The maximum Gasteiger partial charge on any atom is 0.254 e. The van der Waals surface area contributed by atoms with Gasteiger partial charge in [0.2, 0.25) is 5.95 Å². The number of anilines is 3. The number of carbonyl (C=O) groups is 1. The van der Waals surface area contributed by atoms with Gasteiger partial charge in [0.1, 0.15) is 16.4 Å². The number of hydrogen-bond donors (Lipinski definition) is 4. The first kappa shape index (κ1) is 19.1. The predicted molar refractivity (Wildman–Crippen MR) is 101 cm³/mol. The van der Waals surface area contributed by atoms with Gasteiger partial charge in [-0.2, -0.15) is 9.36 Å². The average Bonchev–Trinajstić information content (AvgIpc) is 2.86. The first-order chi connectivity index (χ1) is 11.8. The van der Waals surface area contributed by atoms with Gasteiger partial charge in [0.25, 0.3) is 5.91 Å². The number of nitrogens with two attached hydrogens (primary N) is 2. The summed E-state index contributed by atoms with van der Waals surface area (Å²) >= 11 is 1.31. The quantitative estimate of drug-likeness (QED) is 0.566. The highest BCUT2D eigenvalue weighted by Gasteiger charge is 2.18. The van der Waals surface area contributed by atoms with Crippen molar-refractivity contribution in [2.75, 3.05) is 10.6 Å². The Morgan fingerprint density at radius 3 is 2.64 bits per heavy atom. The molecule has 2 heterocycles. The molecule has 0 aliphatic carbocycles. The van der Waals surface area contributed by atoms with Crippen molar-refractivity contribution >= 4 is 34.2 Å². The van der Waals surface area contributed by atoms with Gasteiger partial charge in [0, 0.05) is 23.8 Å². The number of nitrogens with one attached hydrogen (secondary N) is 2. The average molecular weight is 363 g/mol. The van der Waals surface area contributed by atoms with Crippen molar-refractivity contribution in [1.29, 1.82) is 0 Å². The number of carbonyl (C=O) groups excluding carboxylic acids is 1. The van der Waals surface area contributed by atoms with E-state index in [1.54, 1.807) is 0 Å². The molecular formula is C16H25N7OS. The van der Waals surface area contributed by atoms with Gasteiger partial charge >= 0.3 is 0 Å². The molecule has 0 radical (unpaired) electrons. The van der Waals surface area contributed by atoms with Gasteiger partial charge in [-0.05, 0) is 38.7 Å². The highest BCUT2D eigenvalue weighted by atomic mass is 32.1. The van der Waals surface area contributed by atoms with E-state index in [0.29, 0.717) is 11.8 Å². The monoisotopic (exact) mass is 363 g/mol. The lowest BCUT2D eigenvalue weighted by Crippen LogP contribution is -2.38. The lowest BCUT2D eigenvalue weighted by molar-refractivity contribution is 0.100. The Morgan fingerprint density at radius 2 is 2.12 bits per heavy atom. The molecule has 8 nitrogen and oxygen atoms in total. The number of aromatic nitrogens is 3. The van der Waals surface area contributed by atoms with E-state index in [1.807, 2.05) is 20.8 Å². The summed E-state index contributed by atoms with van der Waals surface area (Å²) in [4.78, 5) is 20.3. The first-order valence-corrected chi connectivity index (χ1v) is 8.99. The van der Waals surface area contributed by atoms with Crippen LogP contribution < -0.4 is 22.1 Å². The molecule has 0 aromatic carbocycles. The molecule has 0 fully saturated rings. The van der Waals surface area contributed by atoms with Gasteiger partial charge in [0.15, 0.2) is 0 Å². The second kappa shape index (κ2) is 8.21. The van der Waals surface area contributed by atoms with Crippen molar-refractivity contribution in [1.82, 2.24) is 14.3 Å². The normalized spacial score (nSPS) is 13.3. The fraction of sp³-hybridized carbons (Fsp3) is 0.500. The SMILES string of the molecule is CCCC(Nc1ncc(C(N)=O)c(Nc2snc(C)c2C)n1)C(C)N. The molecule has 0 saturated carbocycles. The Hall–Kier alpha value is -2.26. The Bertz CT molecular complexity index is 744. The molecule has 2 unspecified atom stereocenters. The standard InChI is InChI=1S/C16H25N7OS/c1-5-6-12(9(3)17)20-16-19-7-11(13(18)24)14(22-16)21-15-8(2)10(4)23-25-15/h7,9,12H,5-6,17H2,1-4H3,(H2,18,24)(H2,19,20,21,22). The van der Waals surface area contributed by atoms with E-state index in [0.717, 1.165) is 29.1 Å². The maximum atomic E-state index is 11.7. The van der Waals surface area contributed by atoms with Crippen LogP contribution in [0.15, 0.2) is 6.20 Å². The summed E-state index contributed by atoms with van der Waals surface area (Å²) in [5, 5.41) is 7.21. The van der Waals surface area contributed by atoms with Crippen LogP contribution in [0.2, 0.25) is 0 Å². The molecule has 0 aliphatic heterocycles. The smallest absolute Gasteiger partial charge is 0.254 e. The minimum absolute atomic E-state index is 0.0460. The van der Waals surface area contributed by atoms with Crippen molar-refractivity contribution in [3.8, 4) is 0 Å². The summed E-state index contributed by atoms with van der Waals surface area (Å²) in [6.07, 6.45) is 3.31. The third-order valence-corrected chi connectivity index (χ3v) is 4.95. The van der Waals surface area contributed by atoms with Crippen LogP contribution in [0.5, 0.6) is 0 Å². The summed E-state index contributed by atoms with van der Waals surface area (Å²) in [5.74, 6) is 0.170. The van der Waals surface area contributed by atoms with Gasteiger partial charge in [-0.25, -0.2) is 4.98 Å². The molecular weight excluding hydrogens is 338 g/mol.